The highest BCUT2D eigenvalue weighted by atomic mass is 19.4. The van der Waals surface area contributed by atoms with E-state index in [1.54, 1.807) is 0 Å². The molecular weight excluding hydrogens is 633 g/mol. The van der Waals surface area contributed by atoms with Gasteiger partial charge in [0.15, 0.2) is 0 Å². The zero-order valence-corrected chi connectivity index (χ0v) is 25.1. The molecule has 2 aromatic heterocycles. The average molecular weight is 668 g/mol. The first-order valence-corrected chi connectivity index (χ1v) is 14.7. The lowest BCUT2D eigenvalue weighted by Gasteiger charge is -2.34. The van der Waals surface area contributed by atoms with Gasteiger partial charge in [0.2, 0.25) is 0 Å². The second-order valence-electron chi connectivity index (χ2n) is 11.5. The normalized spacial score (nSPS) is 17.7. The molecule has 46 heavy (non-hydrogen) atoms. The number of hydrogen-bond acceptors (Lipinski definition) is 7. The summed E-state index contributed by atoms with van der Waals surface area (Å²) in [5.41, 5.74) is -4.52. The van der Waals surface area contributed by atoms with Crippen LogP contribution in [0.1, 0.15) is 66.8 Å². The largest absolute Gasteiger partial charge is 0.417 e. The summed E-state index contributed by atoms with van der Waals surface area (Å²) in [6.07, 6.45) is -10.1. The quantitative estimate of drug-likeness (QED) is 0.223. The number of benzene rings is 1. The number of aromatic nitrogens is 5. The van der Waals surface area contributed by atoms with Gasteiger partial charge in [-0.2, -0.15) is 44.3 Å². The molecule has 2 heterocycles. The standard InChI is InChI=1S/C29H34F9N7O/c1-3-44(15-19-6-4-18(5-7-19)8-9-46)25-21(12-24(14-39-25)29(36,37)38)17-45(26-40-42-43(2)41-26)16-20-10-22(27(30,31)32)13-23(11-20)28(33,34)35/h10-14,18-19,46H,3-9,15-17H2,1-2H3/t18-,19-. The molecule has 1 aliphatic rings. The fraction of sp³-hybridized carbons (Fsp3) is 0.586. The van der Waals surface area contributed by atoms with Gasteiger partial charge in [0.1, 0.15) is 5.82 Å². The van der Waals surface area contributed by atoms with Gasteiger partial charge in [-0.3, -0.25) is 0 Å². The summed E-state index contributed by atoms with van der Waals surface area (Å²) in [5.74, 6) is 0.581. The van der Waals surface area contributed by atoms with Crippen LogP contribution in [0.15, 0.2) is 30.5 Å². The van der Waals surface area contributed by atoms with Crippen LogP contribution in [0, 0.1) is 11.8 Å². The van der Waals surface area contributed by atoms with E-state index in [2.05, 4.69) is 20.4 Å². The molecule has 1 saturated carbocycles. The van der Waals surface area contributed by atoms with Gasteiger partial charge in [-0.1, -0.05) is 17.9 Å². The van der Waals surface area contributed by atoms with Crippen molar-refractivity contribution < 1.29 is 44.6 Å². The molecule has 3 aromatic rings. The maximum atomic E-state index is 13.8. The fourth-order valence-corrected chi connectivity index (χ4v) is 5.76. The zero-order valence-electron chi connectivity index (χ0n) is 25.1. The van der Waals surface area contributed by atoms with Gasteiger partial charge in [-0.15, -0.1) is 5.10 Å². The van der Waals surface area contributed by atoms with E-state index in [0.717, 1.165) is 41.4 Å². The van der Waals surface area contributed by atoms with E-state index in [1.165, 1.54) is 7.05 Å². The molecule has 1 aliphatic carbocycles. The molecule has 4 rings (SSSR count). The predicted octanol–water partition coefficient (Wildman–Crippen LogP) is 6.88. The molecule has 0 bridgehead atoms. The second-order valence-corrected chi connectivity index (χ2v) is 11.5. The Hall–Kier alpha value is -3.63. The summed E-state index contributed by atoms with van der Waals surface area (Å²) < 4.78 is 123. The number of pyridine rings is 1. The van der Waals surface area contributed by atoms with E-state index in [9.17, 15) is 44.6 Å². The molecule has 0 amide bonds. The topological polar surface area (TPSA) is 83.2 Å². The van der Waals surface area contributed by atoms with Crippen LogP contribution >= 0.6 is 0 Å². The van der Waals surface area contributed by atoms with Crippen LogP contribution in [0.3, 0.4) is 0 Å². The van der Waals surface area contributed by atoms with E-state index >= 15 is 0 Å². The summed E-state index contributed by atoms with van der Waals surface area (Å²) in [6, 6.07) is 1.98. The maximum absolute atomic E-state index is 13.8. The third-order valence-corrected chi connectivity index (χ3v) is 8.10. The lowest BCUT2D eigenvalue weighted by Crippen LogP contribution is -2.34. The molecule has 8 nitrogen and oxygen atoms in total. The number of aliphatic hydroxyl groups is 1. The number of aryl methyl sites for hydroxylation is 1. The van der Waals surface area contributed by atoms with Gasteiger partial charge in [0, 0.05) is 44.5 Å². The lowest BCUT2D eigenvalue weighted by atomic mass is 9.80. The third-order valence-electron chi connectivity index (χ3n) is 8.10. The van der Waals surface area contributed by atoms with Gasteiger partial charge in [0.05, 0.1) is 23.7 Å². The highest BCUT2D eigenvalue weighted by molar-refractivity contribution is 5.51. The third kappa shape index (κ3) is 9.00. The van der Waals surface area contributed by atoms with Gasteiger partial charge in [-0.05, 0) is 73.1 Å². The van der Waals surface area contributed by atoms with Crippen molar-refractivity contribution in [3.63, 3.8) is 0 Å². The maximum Gasteiger partial charge on any atom is 0.417 e. The highest BCUT2D eigenvalue weighted by Gasteiger charge is 2.38. The first kappa shape index (κ1) is 35.2. The number of tetrazole rings is 1. The monoisotopic (exact) mass is 667 g/mol. The Morgan fingerprint density at radius 1 is 0.804 bits per heavy atom. The molecule has 1 N–H and O–H groups in total. The molecule has 0 aliphatic heterocycles. The predicted molar refractivity (Wildman–Crippen MR) is 149 cm³/mol. The van der Waals surface area contributed by atoms with E-state index in [1.807, 2.05) is 11.8 Å². The van der Waals surface area contributed by atoms with Crippen molar-refractivity contribution in [3.05, 3.63) is 58.3 Å². The van der Waals surface area contributed by atoms with E-state index in [0.29, 0.717) is 43.8 Å². The summed E-state index contributed by atoms with van der Waals surface area (Å²) in [4.78, 5) is 8.16. The number of hydrogen-bond donors (Lipinski definition) is 1. The van der Waals surface area contributed by atoms with Crippen LogP contribution in [0.2, 0.25) is 0 Å². The fourth-order valence-electron chi connectivity index (χ4n) is 5.76. The minimum atomic E-state index is -5.09. The van der Waals surface area contributed by atoms with Crippen molar-refractivity contribution in [2.24, 2.45) is 18.9 Å². The van der Waals surface area contributed by atoms with Gasteiger partial charge >= 0.3 is 18.5 Å². The van der Waals surface area contributed by atoms with Gasteiger partial charge in [-0.25, -0.2) is 4.98 Å². The minimum absolute atomic E-state index is 0.000353. The molecule has 0 radical (unpaired) electrons. The van der Waals surface area contributed by atoms with Crippen LogP contribution in [0.25, 0.3) is 0 Å². The average Bonchev–Trinajstić information content (AvgIpc) is 3.41. The number of aliphatic hydroxyl groups excluding tert-OH is 1. The van der Waals surface area contributed by atoms with Crippen LogP contribution in [0.4, 0.5) is 51.3 Å². The molecule has 17 heteroatoms. The first-order valence-electron chi connectivity index (χ1n) is 14.7. The van der Waals surface area contributed by atoms with Crippen LogP contribution in [-0.4, -0.2) is 50.0 Å². The Morgan fingerprint density at radius 2 is 1.39 bits per heavy atom. The van der Waals surface area contributed by atoms with Gasteiger partial charge in [0.25, 0.3) is 5.95 Å². The Bertz CT molecular complexity index is 1420. The molecule has 1 fully saturated rings. The Labute approximate surface area is 259 Å². The van der Waals surface area contributed by atoms with Crippen molar-refractivity contribution >= 4 is 11.8 Å². The molecule has 254 valence electrons. The second kappa shape index (κ2) is 14.0. The molecule has 0 unspecified atom stereocenters. The molecular formula is C29H34F9N7O. The van der Waals surface area contributed by atoms with Crippen molar-refractivity contribution in [3.8, 4) is 0 Å². The number of halogens is 9. The van der Waals surface area contributed by atoms with Crippen molar-refractivity contribution in [1.82, 2.24) is 25.2 Å². The van der Waals surface area contributed by atoms with Crippen molar-refractivity contribution in [2.45, 2.75) is 70.6 Å². The number of anilines is 2. The Kier molecular flexibility index (Phi) is 10.7. The summed E-state index contributed by atoms with van der Waals surface area (Å²) >= 11 is 0. The number of alkyl halides is 9. The van der Waals surface area contributed by atoms with E-state index < -0.39 is 53.9 Å². The molecule has 0 spiro atoms. The summed E-state index contributed by atoms with van der Waals surface area (Å²) in [6.45, 7) is 1.70. The number of rotatable bonds is 11. The zero-order chi connectivity index (χ0) is 33.9. The van der Waals surface area contributed by atoms with Crippen molar-refractivity contribution in [1.29, 1.82) is 0 Å². The van der Waals surface area contributed by atoms with Crippen LogP contribution in [-0.2, 0) is 38.7 Å². The molecule has 0 atom stereocenters. The van der Waals surface area contributed by atoms with Crippen LogP contribution in [0.5, 0.6) is 0 Å². The lowest BCUT2D eigenvalue weighted by molar-refractivity contribution is -0.143. The van der Waals surface area contributed by atoms with E-state index in [4.69, 9.17) is 0 Å². The minimum Gasteiger partial charge on any atom is -0.396 e. The van der Waals surface area contributed by atoms with E-state index in [-0.39, 0.29) is 35.9 Å². The van der Waals surface area contributed by atoms with Crippen LogP contribution < -0.4 is 9.80 Å². The number of nitrogens with zero attached hydrogens (tertiary/aromatic N) is 7. The Morgan fingerprint density at radius 3 is 1.89 bits per heavy atom. The summed E-state index contributed by atoms with van der Waals surface area (Å²) in [5, 5.41) is 20.8. The summed E-state index contributed by atoms with van der Waals surface area (Å²) in [7, 11) is 1.38. The molecule has 0 saturated heterocycles. The SMILES string of the molecule is CCN(C[C@H]1CC[C@H](CCO)CC1)c1ncc(C(F)(F)F)cc1CN(Cc1cc(C(F)(F)F)cc(C(F)(F)F)c1)c1nnn(C)n1. The first-order chi connectivity index (χ1) is 21.5. The van der Waals surface area contributed by atoms with Gasteiger partial charge < -0.3 is 14.9 Å². The molecule has 1 aromatic carbocycles. The van der Waals surface area contributed by atoms with Crippen molar-refractivity contribution in [2.75, 3.05) is 29.5 Å². The Balaban J connectivity index is 1.73. The highest BCUT2D eigenvalue weighted by Crippen LogP contribution is 2.38. The smallest absolute Gasteiger partial charge is 0.396 e.